The van der Waals surface area contributed by atoms with Crippen molar-refractivity contribution < 1.29 is 0 Å². The highest BCUT2D eigenvalue weighted by Crippen LogP contribution is 2.47. The highest BCUT2D eigenvalue weighted by atomic mass is 15.2. The zero-order chi connectivity index (χ0) is 16.1. The first kappa shape index (κ1) is 15.7. The molecule has 4 nitrogen and oxygen atoms in total. The molecule has 1 aromatic heterocycles. The van der Waals surface area contributed by atoms with Crippen molar-refractivity contribution in [3.63, 3.8) is 0 Å². The van der Waals surface area contributed by atoms with Gasteiger partial charge in [0.05, 0.1) is 0 Å². The van der Waals surface area contributed by atoms with Crippen LogP contribution in [0.15, 0.2) is 53.8 Å². The Labute approximate surface area is 138 Å². The molecule has 0 spiro atoms. The van der Waals surface area contributed by atoms with Gasteiger partial charge in [-0.15, -0.1) is 0 Å². The zero-order valence-electron chi connectivity index (χ0n) is 14.0. The standard InChI is InChI=1S/C19H26N4/c1-20-18(21-13-17-8-11-23(2)14-17)22-15-19(9-10-19)12-16-6-4-3-5-7-16/h3-8,11,14H,9-10,12-13,15H2,1-2H3,(H2,20,21,22). The lowest BCUT2D eigenvalue weighted by Crippen LogP contribution is -2.40. The molecule has 0 bridgehead atoms. The number of guanidine groups is 1. The number of rotatable bonds is 6. The summed E-state index contributed by atoms with van der Waals surface area (Å²) >= 11 is 0. The lowest BCUT2D eigenvalue weighted by Gasteiger charge is -2.18. The molecule has 0 saturated heterocycles. The second-order valence-corrected chi connectivity index (χ2v) is 6.63. The van der Waals surface area contributed by atoms with Gasteiger partial charge in [0.25, 0.3) is 0 Å². The Kier molecular flexibility index (Phi) is 4.70. The molecule has 1 fully saturated rings. The van der Waals surface area contributed by atoms with Crippen LogP contribution in [-0.2, 0) is 20.0 Å². The van der Waals surface area contributed by atoms with Crippen LogP contribution in [0, 0.1) is 5.41 Å². The predicted molar refractivity (Wildman–Crippen MR) is 95.4 cm³/mol. The van der Waals surface area contributed by atoms with Crippen LogP contribution in [0.3, 0.4) is 0 Å². The van der Waals surface area contributed by atoms with Gasteiger partial charge < -0.3 is 15.2 Å². The van der Waals surface area contributed by atoms with Crippen LogP contribution in [0.5, 0.6) is 0 Å². The third kappa shape index (κ3) is 4.38. The second kappa shape index (κ2) is 6.90. The van der Waals surface area contributed by atoms with E-state index in [0.717, 1.165) is 25.5 Å². The molecule has 0 atom stereocenters. The van der Waals surface area contributed by atoms with Gasteiger partial charge >= 0.3 is 0 Å². The molecular formula is C19H26N4. The van der Waals surface area contributed by atoms with Gasteiger partial charge in [0.15, 0.2) is 5.96 Å². The Bertz CT molecular complexity index is 653. The molecule has 0 amide bonds. The molecule has 122 valence electrons. The summed E-state index contributed by atoms with van der Waals surface area (Å²) in [6.45, 7) is 1.78. The third-order valence-electron chi connectivity index (χ3n) is 4.59. The normalized spacial score (nSPS) is 16.2. The predicted octanol–water partition coefficient (Wildman–Crippen LogP) is 2.71. The van der Waals surface area contributed by atoms with Crippen LogP contribution in [0.4, 0.5) is 0 Å². The highest BCUT2D eigenvalue weighted by Gasteiger charge is 2.42. The van der Waals surface area contributed by atoms with Crippen LogP contribution >= 0.6 is 0 Å². The van der Waals surface area contributed by atoms with Gasteiger partial charge in [-0.25, -0.2) is 0 Å². The van der Waals surface area contributed by atoms with Gasteiger partial charge in [-0.3, -0.25) is 4.99 Å². The molecule has 1 heterocycles. The monoisotopic (exact) mass is 310 g/mol. The van der Waals surface area contributed by atoms with E-state index in [1.165, 1.54) is 24.0 Å². The van der Waals surface area contributed by atoms with Crippen LogP contribution in [0.1, 0.15) is 24.0 Å². The van der Waals surface area contributed by atoms with E-state index < -0.39 is 0 Å². The van der Waals surface area contributed by atoms with Crippen LogP contribution in [0.25, 0.3) is 0 Å². The van der Waals surface area contributed by atoms with E-state index >= 15 is 0 Å². The van der Waals surface area contributed by atoms with Crippen molar-refractivity contribution in [3.8, 4) is 0 Å². The minimum atomic E-state index is 0.408. The van der Waals surface area contributed by atoms with E-state index in [1.807, 2.05) is 14.1 Å². The Morgan fingerprint density at radius 2 is 1.91 bits per heavy atom. The number of aliphatic imine (C=N–C) groups is 1. The van der Waals surface area contributed by atoms with Crippen molar-refractivity contribution in [2.24, 2.45) is 17.5 Å². The van der Waals surface area contributed by atoms with Crippen LogP contribution < -0.4 is 10.6 Å². The minimum Gasteiger partial charge on any atom is -0.357 e. The number of nitrogens with one attached hydrogen (secondary N) is 2. The average Bonchev–Trinajstić information content (AvgIpc) is 3.20. The van der Waals surface area contributed by atoms with Gasteiger partial charge in [0.1, 0.15) is 0 Å². The Balaban J connectivity index is 1.48. The maximum atomic E-state index is 4.34. The van der Waals surface area contributed by atoms with E-state index in [0.29, 0.717) is 5.41 Å². The Hall–Kier alpha value is -2.23. The quantitative estimate of drug-likeness (QED) is 0.636. The maximum Gasteiger partial charge on any atom is 0.191 e. The van der Waals surface area contributed by atoms with Crippen molar-refractivity contribution in [3.05, 3.63) is 59.9 Å². The largest absolute Gasteiger partial charge is 0.357 e. The summed E-state index contributed by atoms with van der Waals surface area (Å²) in [4.78, 5) is 4.34. The number of hydrogen-bond acceptors (Lipinski definition) is 1. The second-order valence-electron chi connectivity index (χ2n) is 6.63. The van der Waals surface area contributed by atoms with E-state index in [2.05, 4.69) is 69.0 Å². The van der Waals surface area contributed by atoms with Gasteiger partial charge in [-0.05, 0) is 41.9 Å². The summed E-state index contributed by atoms with van der Waals surface area (Å²) in [5.74, 6) is 0.883. The molecule has 0 unspecified atom stereocenters. The average molecular weight is 310 g/mol. The molecular weight excluding hydrogens is 284 g/mol. The molecule has 1 aliphatic rings. The van der Waals surface area contributed by atoms with Crippen LogP contribution in [-0.4, -0.2) is 24.1 Å². The first-order chi connectivity index (χ1) is 11.2. The summed E-state index contributed by atoms with van der Waals surface area (Å²) in [7, 11) is 3.87. The smallest absolute Gasteiger partial charge is 0.191 e. The number of aromatic nitrogens is 1. The van der Waals surface area contributed by atoms with Crippen LogP contribution in [0.2, 0.25) is 0 Å². The van der Waals surface area contributed by atoms with Crippen molar-refractivity contribution in [2.75, 3.05) is 13.6 Å². The molecule has 1 saturated carbocycles. The van der Waals surface area contributed by atoms with Gasteiger partial charge in [-0.2, -0.15) is 0 Å². The summed E-state index contributed by atoms with van der Waals surface area (Å²) in [5.41, 5.74) is 3.10. The van der Waals surface area contributed by atoms with Crippen molar-refractivity contribution in [1.82, 2.24) is 15.2 Å². The van der Waals surface area contributed by atoms with E-state index in [-0.39, 0.29) is 0 Å². The molecule has 1 aromatic carbocycles. The van der Waals surface area contributed by atoms with Gasteiger partial charge in [0, 0.05) is 39.6 Å². The molecule has 3 rings (SSSR count). The summed E-state index contributed by atoms with van der Waals surface area (Å²) < 4.78 is 2.06. The zero-order valence-corrected chi connectivity index (χ0v) is 14.0. The molecule has 1 aliphatic carbocycles. The van der Waals surface area contributed by atoms with Gasteiger partial charge in [0.2, 0.25) is 0 Å². The number of nitrogens with zero attached hydrogens (tertiary/aromatic N) is 2. The fourth-order valence-electron chi connectivity index (χ4n) is 2.96. The van der Waals surface area contributed by atoms with E-state index in [4.69, 9.17) is 0 Å². The summed E-state index contributed by atoms with van der Waals surface area (Å²) in [6.07, 6.45) is 7.93. The number of aryl methyl sites for hydroxylation is 1. The lowest BCUT2D eigenvalue weighted by molar-refractivity contribution is 0.492. The molecule has 4 heteroatoms. The molecule has 0 aliphatic heterocycles. The first-order valence-corrected chi connectivity index (χ1v) is 8.28. The topological polar surface area (TPSA) is 41.4 Å². The van der Waals surface area contributed by atoms with Crippen molar-refractivity contribution >= 4 is 5.96 Å². The maximum absolute atomic E-state index is 4.34. The molecule has 2 aromatic rings. The van der Waals surface area contributed by atoms with E-state index in [9.17, 15) is 0 Å². The fraction of sp³-hybridized carbons (Fsp3) is 0.421. The Morgan fingerprint density at radius 1 is 1.13 bits per heavy atom. The van der Waals surface area contributed by atoms with Gasteiger partial charge in [-0.1, -0.05) is 30.3 Å². The highest BCUT2D eigenvalue weighted by molar-refractivity contribution is 5.79. The third-order valence-corrected chi connectivity index (χ3v) is 4.59. The summed E-state index contributed by atoms with van der Waals surface area (Å²) in [5, 5.41) is 6.89. The molecule has 2 N–H and O–H groups in total. The first-order valence-electron chi connectivity index (χ1n) is 8.28. The summed E-state index contributed by atoms with van der Waals surface area (Å²) in [6, 6.07) is 12.9. The Morgan fingerprint density at radius 3 is 2.52 bits per heavy atom. The molecule has 23 heavy (non-hydrogen) atoms. The van der Waals surface area contributed by atoms with E-state index in [1.54, 1.807) is 0 Å². The van der Waals surface area contributed by atoms with Crippen molar-refractivity contribution in [2.45, 2.75) is 25.8 Å². The lowest BCUT2D eigenvalue weighted by atomic mass is 9.96. The number of hydrogen-bond donors (Lipinski definition) is 2. The fourth-order valence-corrected chi connectivity index (χ4v) is 2.96. The SMILES string of the molecule is CN=C(NCc1ccn(C)c1)NCC1(Cc2ccccc2)CC1. The number of benzene rings is 1. The van der Waals surface area contributed by atoms with Crippen molar-refractivity contribution in [1.29, 1.82) is 0 Å². The molecule has 0 radical (unpaired) electrons. The minimum absolute atomic E-state index is 0.408.